The van der Waals surface area contributed by atoms with Crippen LogP contribution in [0.3, 0.4) is 0 Å². The molecular weight excluding hydrogens is 262 g/mol. The van der Waals surface area contributed by atoms with Gasteiger partial charge in [0.05, 0.1) is 5.56 Å². The highest BCUT2D eigenvalue weighted by Gasteiger charge is 2.23. The van der Waals surface area contributed by atoms with Crippen molar-refractivity contribution in [2.45, 2.75) is 19.4 Å². The number of anilines is 1. The van der Waals surface area contributed by atoms with Gasteiger partial charge < -0.3 is 10.2 Å². The molecule has 0 radical (unpaired) electrons. The Hall–Kier alpha value is -2.36. The van der Waals surface area contributed by atoms with Crippen molar-refractivity contribution in [1.29, 1.82) is 0 Å². The van der Waals surface area contributed by atoms with Gasteiger partial charge in [0.15, 0.2) is 0 Å². The van der Waals surface area contributed by atoms with Crippen molar-refractivity contribution in [3.8, 4) is 0 Å². The lowest BCUT2D eigenvalue weighted by atomic mass is 10.2. The molecule has 4 nitrogen and oxygen atoms in total. The van der Waals surface area contributed by atoms with Gasteiger partial charge in [-0.1, -0.05) is 18.2 Å². The van der Waals surface area contributed by atoms with Crippen molar-refractivity contribution in [2.75, 3.05) is 18.0 Å². The predicted molar refractivity (Wildman–Crippen MR) is 83.5 cm³/mol. The Morgan fingerprint density at radius 3 is 3.00 bits per heavy atom. The maximum atomic E-state index is 12.0. The molecule has 1 aromatic carbocycles. The molecule has 0 saturated carbocycles. The van der Waals surface area contributed by atoms with Gasteiger partial charge >= 0.3 is 0 Å². The monoisotopic (exact) mass is 281 g/mol. The van der Waals surface area contributed by atoms with Crippen LogP contribution in [0.5, 0.6) is 0 Å². The van der Waals surface area contributed by atoms with E-state index in [1.54, 1.807) is 24.5 Å². The number of hydrogen-bond acceptors (Lipinski definition) is 3. The number of fused-ring (bicyclic) bond motifs is 1. The highest BCUT2D eigenvalue weighted by molar-refractivity contribution is 5.93. The fraction of sp³-hybridized carbons (Fsp3) is 0.294. The Labute approximate surface area is 124 Å². The van der Waals surface area contributed by atoms with E-state index in [2.05, 4.69) is 46.4 Å². The molecule has 0 bridgehead atoms. The number of pyridine rings is 1. The van der Waals surface area contributed by atoms with E-state index < -0.39 is 0 Å². The Morgan fingerprint density at radius 2 is 2.19 bits per heavy atom. The minimum atomic E-state index is -0.0672. The van der Waals surface area contributed by atoms with E-state index in [4.69, 9.17) is 0 Å². The molecule has 0 spiro atoms. The first kappa shape index (κ1) is 13.6. The van der Waals surface area contributed by atoms with E-state index in [0.29, 0.717) is 12.1 Å². The van der Waals surface area contributed by atoms with Gasteiger partial charge in [0, 0.05) is 37.2 Å². The van der Waals surface area contributed by atoms with Crippen LogP contribution in [0.1, 0.15) is 22.8 Å². The van der Waals surface area contributed by atoms with Gasteiger partial charge in [-0.2, -0.15) is 0 Å². The van der Waals surface area contributed by atoms with E-state index in [9.17, 15) is 4.79 Å². The summed E-state index contributed by atoms with van der Waals surface area (Å²) in [7, 11) is 0. The van der Waals surface area contributed by atoms with Crippen molar-refractivity contribution in [1.82, 2.24) is 10.3 Å². The summed E-state index contributed by atoms with van der Waals surface area (Å²) in [6.07, 6.45) is 4.34. The first-order valence-corrected chi connectivity index (χ1v) is 7.28. The first-order valence-electron chi connectivity index (χ1n) is 7.28. The molecule has 0 unspecified atom stereocenters. The van der Waals surface area contributed by atoms with Crippen LogP contribution in [0.2, 0.25) is 0 Å². The molecule has 21 heavy (non-hydrogen) atoms. The number of hydrogen-bond donors (Lipinski definition) is 1. The summed E-state index contributed by atoms with van der Waals surface area (Å²) < 4.78 is 0. The number of para-hydroxylation sites is 1. The SMILES string of the molecule is C[C@H](CNC(=O)c1cccnc1)N1CCc2ccccc21. The van der Waals surface area contributed by atoms with E-state index in [1.165, 1.54) is 11.3 Å². The molecule has 108 valence electrons. The van der Waals surface area contributed by atoms with Gasteiger partial charge in [0.2, 0.25) is 0 Å². The summed E-state index contributed by atoms with van der Waals surface area (Å²) in [5.41, 5.74) is 3.29. The third-order valence-corrected chi connectivity index (χ3v) is 3.94. The number of amides is 1. The quantitative estimate of drug-likeness (QED) is 0.935. The van der Waals surface area contributed by atoms with Crippen molar-refractivity contribution in [2.24, 2.45) is 0 Å². The summed E-state index contributed by atoms with van der Waals surface area (Å²) >= 11 is 0. The Balaban J connectivity index is 1.61. The van der Waals surface area contributed by atoms with Crippen LogP contribution in [-0.4, -0.2) is 30.0 Å². The fourth-order valence-corrected chi connectivity index (χ4v) is 2.77. The van der Waals surface area contributed by atoms with Crippen molar-refractivity contribution >= 4 is 11.6 Å². The van der Waals surface area contributed by atoms with Gasteiger partial charge in [-0.15, -0.1) is 0 Å². The largest absolute Gasteiger partial charge is 0.366 e. The van der Waals surface area contributed by atoms with Gasteiger partial charge in [-0.05, 0) is 37.1 Å². The van der Waals surface area contributed by atoms with Crippen LogP contribution in [0.4, 0.5) is 5.69 Å². The minimum Gasteiger partial charge on any atom is -0.366 e. The third-order valence-electron chi connectivity index (χ3n) is 3.94. The van der Waals surface area contributed by atoms with Crippen molar-refractivity contribution in [3.05, 3.63) is 59.9 Å². The fourth-order valence-electron chi connectivity index (χ4n) is 2.77. The molecule has 1 aliphatic heterocycles. The predicted octanol–water partition coefficient (Wildman–Crippen LogP) is 2.26. The van der Waals surface area contributed by atoms with E-state index in [1.807, 2.05) is 0 Å². The molecule has 4 heteroatoms. The van der Waals surface area contributed by atoms with E-state index in [-0.39, 0.29) is 11.9 Å². The summed E-state index contributed by atoms with van der Waals surface area (Å²) in [5.74, 6) is -0.0672. The second-order valence-electron chi connectivity index (χ2n) is 5.37. The minimum absolute atomic E-state index is 0.0672. The number of carbonyl (C=O) groups is 1. The topological polar surface area (TPSA) is 45.2 Å². The number of benzene rings is 1. The zero-order valence-corrected chi connectivity index (χ0v) is 12.1. The average molecular weight is 281 g/mol. The standard InChI is InChI=1S/C17H19N3O/c1-13(11-19-17(21)15-6-4-9-18-12-15)20-10-8-14-5-2-3-7-16(14)20/h2-7,9,12-13H,8,10-11H2,1H3,(H,19,21)/t13-/m1/s1. The van der Waals surface area contributed by atoms with Gasteiger partial charge in [0.1, 0.15) is 0 Å². The van der Waals surface area contributed by atoms with Crippen LogP contribution >= 0.6 is 0 Å². The Kier molecular flexibility index (Phi) is 3.86. The molecule has 0 aliphatic carbocycles. The molecule has 0 saturated heterocycles. The van der Waals surface area contributed by atoms with Crippen LogP contribution < -0.4 is 10.2 Å². The lowest BCUT2D eigenvalue weighted by Crippen LogP contribution is -2.41. The number of nitrogens with one attached hydrogen (secondary N) is 1. The lowest BCUT2D eigenvalue weighted by molar-refractivity contribution is 0.0951. The number of aromatic nitrogens is 1. The maximum Gasteiger partial charge on any atom is 0.252 e. The molecule has 0 fully saturated rings. The molecule has 3 rings (SSSR count). The number of carbonyl (C=O) groups excluding carboxylic acids is 1. The van der Waals surface area contributed by atoms with Crippen LogP contribution in [0.25, 0.3) is 0 Å². The molecule has 1 atom stereocenters. The molecule has 2 aromatic rings. The number of rotatable bonds is 4. The Morgan fingerprint density at radius 1 is 1.33 bits per heavy atom. The van der Waals surface area contributed by atoms with Gasteiger partial charge in [-0.25, -0.2) is 0 Å². The van der Waals surface area contributed by atoms with E-state index in [0.717, 1.165) is 13.0 Å². The molecule has 1 aliphatic rings. The van der Waals surface area contributed by atoms with Crippen LogP contribution in [0, 0.1) is 0 Å². The third kappa shape index (κ3) is 2.89. The zero-order chi connectivity index (χ0) is 14.7. The second-order valence-corrected chi connectivity index (χ2v) is 5.37. The average Bonchev–Trinajstić information content (AvgIpc) is 2.97. The summed E-state index contributed by atoms with van der Waals surface area (Å²) in [6.45, 7) is 3.79. The Bertz CT molecular complexity index is 627. The maximum absolute atomic E-state index is 12.0. The summed E-state index contributed by atoms with van der Waals surface area (Å²) in [6, 6.07) is 12.3. The summed E-state index contributed by atoms with van der Waals surface area (Å²) in [4.78, 5) is 18.4. The normalized spacial score (nSPS) is 14.6. The van der Waals surface area contributed by atoms with Crippen molar-refractivity contribution in [3.63, 3.8) is 0 Å². The van der Waals surface area contributed by atoms with Crippen molar-refractivity contribution < 1.29 is 4.79 Å². The highest BCUT2D eigenvalue weighted by Crippen LogP contribution is 2.28. The zero-order valence-electron chi connectivity index (χ0n) is 12.1. The number of nitrogens with zero attached hydrogens (tertiary/aromatic N) is 2. The van der Waals surface area contributed by atoms with Crippen LogP contribution in [0.15, 0.2) is 48.8 Å². The first-order chi connectivity index (χ1) is 10.3. The molecule has 1 aromatic heterocycles. The second kappa shape index (κ2) is 5.95. The summed E-state index contributed by atoms with van der Waals surface area (Å²) in [5, 5.41) is 2.99. The van der Waals surface area contributed by atoms with Crippen LogP contribution in [-0.2, 0) is 6.42 Å². The highest BCUT2D eigenvalue weighted by atomic mass is 16.1. The molecular formula is C17H19N3O. The molecule has 1 N–H and O–H groups in total. The lowest BCUT2D eigenvalue weighted by Gasteiger charge is -2.27. The van der Waals surface area contributed by atoms with Gasteiger partial charge in [0.25, 0.3) is 5.91 Å². The van der Waals surface area contributed by atoms with E-state index >= 15 is 0 Å². The molecule has 1 amide bonds. The smallest absolute Gasteiger partial charge is 0.252 e. The molecule has 2 heterocycles. The van der Waals surface area contributed by atoms with Gasteiger partial charge in [-0.3, -0.25) is 9.78 Å².